The van der Waals surface area contributed by atoms with E-state index in [1.807, 2.05) is 19.9 Å². The SMILES string of the molecule is CC(C)C(NC(=O)c1ccc(Cl)cc1)C(=O)NN=Cc1ccc(OCc2ccc(Cl)cc2Cl)c(Br)c1. The number of amides is 2. The molecule has 0 saturated heterocycles. The Hall–Kier alpha value is -2.58. The van der Waals surface area contributed by atoms with Crippen molar-refractivity contribution in [2.45, 2.75) is 26.5 Å². The molecule has 2 N–H and O–H groups in total. The molecule has 1 unspecified atom stereocenters. The van der Waals surface area contributed by atoms with Crippen LogP contribution in [-0.2, 0) is 11.4 Å². The summed E-state index contributed by atoms with van der Waals surface area (Å²) in [6.45, 7) is 3.95. The maximum atomic E-state index is 12.7. The molecule has 0 fully saturated rings. The molecule has 3 rings (SSSR count). The monoisotopic (exact) mass is 609 g/mol. The van der Waals surface area contributed by atoms with Gasteiger partial charge in [-0.25, -0.2) is 5.43 Å². The number of carbonyl (C=O) groups excluding carboxylic acids is 2. The molecule has 0 heterocycles. The van der Waals surface area contributed by atoms with Gasteiger partial charge in [0.2, 0.25) is 0 Å². The lowest BCUT2D eigenvalue weighted by Gasteiger charge is -2.20. The van der Waals surface area contributed by atoms with Crippen molar-refractivity contribution in [3.63, 3.8) is 0 Å². The summed E-state index contributed by atoms with van der Waals surface area (Å²) in [6, 6.07) is 16.3. The molecule has 0 aliphatic rings. The van der Waals surface area contributed by atoms with Gasteiger partial charge in [0.05, 0.1) is 10.7 Å². The molecule has 3 aromatic carbocycles. The largest absolute Gasteiger partial charge is 0.488 e. The lowest BCUT2D eigenvalue weighted by molar-refractivity contribution is -0.123. The number of ether oxygens (including phenoxy) is 1. The number of benzene rings is 3. The van der Waals surface area contributed by atoms with Gasteiger partial charge in [0.1, 0.15) is 18.4 Å². The van der Waals surface area contributed by atoms with Crippen molar-refractivity contribution >= 4 is 68.8 Å². The Bertz CT molecular complexity index is 1270. The highest BCUT2D eigenvalue weighted by Gasteiger charge is 2.24. The molecule has 1 atom stereocenters. The molecule has 6 nitrogen and oxygen atoms in total. The number of halogens is 4. The Balaban J connectivity index is 1.58. The number of carbonyl (C=O) groups is 2. The molecular weight excluding hydrogens is 589 g/mol. The molecule has 0 aliphatic carbocycles. The normalized spacial score (nSPS) is 12.0. The van der Waals surface area contributed by atoms with E-state index in [-0.39, 0.29) is 18.4 Å². The molecule has 188 valence electrons. The van der Waals surface area contributed by atoms with E-state index in [1.165, 1.54) is 6.21 Å². The second-order valence-corrected chi connectivity index (χ2v) is 10.3. The zero-order valence-corrected chi connectivity index (χ0v) is 23.3. The van der Waals surface area contributed by atoms with E-state index in [1.54, 1.807) is 54.6 Å². The average Bonchev–Trinajstić information content (AvgIpc) is 2.83. The Morgan fingerprint density at radius 1 is 1.00 bits per heavy atom. The minimum Gasteiger partial charge on any atom is -0.488 e. The third-order valence-corrected chi connectivity index (χ3v) is 6.54. The quantitative estimate of drug-likeness (QED) is 0.204. The van der Waals surface area contributed by atoms with Gasteiger partial charge < -0.3 is 10.1 Å². The number of nitrogens with zero attached hydrogens (tertiary/aromatic N) is 1. The van der Waals surface area contributed by atoms with Gasteiger partial charge in [0, 0.05) is 26.2 Å². The standard InChI is InChI=1S/C26H23BrCl3N3O3/c1-15(2)24(32-25(34)17-4-7-19(28)8-5-17)26(35)33-31-13-16-3-10-23(21(27)11-16)36-14-18-6-9-20(29)12-22(18)30/h3-13,15,24H,14H2,1-2H3,(H,32,34)(H,33,35). The van der Waals surface area contributed by atoms with E-state index < -0.39 is 11.9 Å². The number of rotatable bonds is 9. The molecule has 0 saturated carbocycles. The highest BCUT2D eigenvalue weighted by atomic mass is 79.9. The minimum absolute atomic E-state index is 0.156. The van der Waals surface area contributed by atoms with Crippen molar-refractivity contribution < 1.29 is 14.3 Å². The predicted molar refractivity (Wildman–Crippen MR) is 148 cm³/mol. The summed E-state index contributed by atoms with van der Waals surface area (Å²) in [5.41, 5.74) is 4.44. The Morgan fingerprint density at radius 3 is 2.33 bits per heavy atom. The zero-order valence-electron chi connectivity index (χ0n) is 19.4. The van der Waals surface area contributed by atoms with E-state index >= 15 is 0 Å². The zero-order chi connectivity index (χ0) is 26.2. The third kappa shape index (κ3) is 7.96. The van der Waals surface area contributed by atoms with Crippen molar-refractivity contribution in [2.24, 2.45) is 11.0 Å². The molecule has 3 aromatic rings. The molecular formula is C26H23BrCl3N3O3. The molecule has 0 aliphatic heterocycles. The van der Waals surface area contributed by atoms with E-state index in [2.05, 4.69) is 31.8 Å². The first-order valence-corrected chi connectivity index (χ1v) is 12.8. The van der Waals surface area contributed by atoms with Gasteiger partial charge in [-0.3, -0.25) is 9.59 Å². The Kier molecular flexibility index (Phi) is 10.2. The minimum atomic E-state index is -0.771. The fraction of sp³-hybridized carbons (Fsp3) is 0.192. The van der Waals surface area contributed by atoms with Crippen LogP contribution in [0.25, 0.3) is 0 Å². The first-order chi connectivity index (χ1) is 17.1. The molecule has 10 heteroatoms. The van der Waals surface area contributed by atoms with Gasteiger partial charge in [-0.2, -0.15) is 5.10 Å². The summed E-state index contributed by atoms with van der Waals surface area (Å²) in [5.74, 6) is -0.338. The third-order valence-electron chi connectivity index (χ3n) is 5.08. The lowest BCUT2D eigenvalue weighted by atomic mass is 10.0. The van der Waals surface area contributed by atoms with Crippen molar-refractivity contribution in [2.75, 3.05) is 0 Å². The van der Waals surface area contributed by atoms with Gasteiger partial charge in [-0.15, -0.1) is 0 Å². The Morgan fingerprint density at radius 2 is 1.69 bits per heavy atom. The van der Waals surface area contributed by atoms with Gasteiger partial charge in [-0.1, -0.05) is 54.7 Å². The van der Waals surface area contributed by atoms with Crippen molar-refractivity contribution in [3.8, 4) is 5.75 Å². The van der Waals surface area contributed by atoms with Crippen LogP contribution in [0.2, 0.25) is 15.1 Å². The molecule has 2 amide bonds. The highest BCUT2D eigenvalue weighted by Crippen LogP contribution is 2.28. The van der Waals surface area contributed by atoms with E-state index in [9.17, 15) is 9.59 Å². The summed E-state index contributed by atoms with van der Waals surface area (Å²) < 4.78 is 6.55. The lowest BCUT2D eigenvalue weighted by Crippen LogP contribution is -2.48. The molecule has 0 spiro atoms. The van der Waals surface area contributed by atoms with E-state index in [0.29, 0.717) is 30.9 Å². The average molecular weight is 612 g/mol. The van der Waals surface area contributed by atoms with Crippen molar-refractivity contribution in [1.29, 1.82) is 0 Å². The first kappa shape index (κ1) is 28.0. The molecule has 0 radical (unpaired) electrons. The van der Waals surface area contributed by atoms with Crippen LogP contribution in [0.1, 0.15) is 35.3 Å². The van der Waals surface area contributed by atoms with Gasteiger partial charge in [0.15, 0.2) is 0 Å². The van der Waals surface area contributed by atoms with E-state index in [4.69, 9.17) is 39.5 Å². The maximum absolute atomic E-state index is 12.7. The summed E-state index contributed by atoms with van der Waals surface area (Å²) in [6.07, 6.45) is 1.50. The van der Waals surface area contributed by atoms with Crippen LogP contribution in [0, 0.1) is 5.92 Å². The van der Waals surface area contributed by atoms with Crippen LogP contribution in [0.4, 0.5) is 0 Å². The Labute approximate surface area is 233 Å². The summed E-state index contributed by atoms with van der Waals surface area (Å²) in [4.78, 5) is 25.2. The second-order valence-electron chi connectivity index (χ2n) is 8.15. The van der Waals surface area contributed by atoms with E-state index in [0.717, 1.165) is 11.1 Å². The molecule has 0 bridgehead atoms. The smallest absolute Gasteiger partial charge is 0.262 e. The van der Waals surface area contributed by atoms with Crippen molar-refractivity contribution in [3.05, 3.63) is 96.9 Å². The fourth-order valence-electron chi connectivity index (χ4n) is 3.11. The fourth-order valence-corrected chi connectivity index (χ4v) is 4.21. The predicted octanol–water partition coefficient (Wildman–Crippen LogP) is 6.89. The maximum Gasteiger partial charge on any atom is 0.262 e. The van der Waals surface area contributed by atoms with Crippen molar-refractivity contribution in [1.82, 2.24) is 10.7 Å². The highest BCUT2D eigenvalue weighted by molar-refractivity contribution is 9.10. The summed E-state index contributed by atoms with van der Waals surface area (Å²) in [5, 5.41) is 8.39. The van der Waals surface area contributed by atoms with Crippen LogP contribution in [0.5, 0.6) is 5.75 Å². The van der Waals surface area contributed by atoms with Gasteiger partial charge in [0.25, 0.3) is 11.8 Å². The summed E-state index contributed by atoms with van der Waals surface area (Å²) in [7, 11) is 0. The van der Waals surface area contributed by atoms with Crippen LogP contribution in [0.15, 0.2) is 70.2 Å². The topological polar surface area (TPSA) is 79.8 Å². The molecule has 0 aromatic heterocycles. The summed E-state index contributed by atoms with van der Waals surface area (Å²) >= 11 is 21.5. The van der Waals surface area contributed by atoms with Crippen LogP contribution >= 0.6 is 50.7 Å². The number of hydrogen-bond donors (Lipinski definition) is 2. The van der Waals surface area contributed by atoms with Crippen LogP contribution in [-0.4, -0.2) is 24.1 Å². The first-order valence-electron chi connectivity index (χ1n) is 10.9. The van der Waals surface area contributed by atoms with Gasteiger partial charge in [-0.05, 0) is 82.0 Å². The van der Waals surface area contributed by atoms with Gasteiger partial charge >= 0.3 is 0 Å². The number of hydrogen-bond acceptors (Lipinski definition) is 4. The van der Waals surface area contributed by atoms with Crippen LogP contribution in [0.3, 0.4) is 0 Å². The number of nitrogens with one attached hydrogen (secondary N) is 2. The number of hydrazone groups is 1. The van der Waals surface area contributed by atoms with Crippen LogP contribution < -0.4 is 15.5 Å². The molecule has 36 heavy (non-hydrogen) atoms. The second kappa shape index (κ2) is 13.1.